The van der Waals surface area contributed by atoms with Crippen LogP contribution in [0, 0.1) is 0 Å². The summed E-state index contributed by atoms with van der Waals surface area (Å²) >= 11 is 0. The summed E-state index contributed by atoms with van der Waals surface area (Å²) in [5.41, 5.74) is -0.322. The van der Waals surface area contributed by atoms with E-state index in [4.69, 9.17) is 0 Å². The Morgan fingerprint density at radius 2 is 1.55 bits per heavy atom. The zero-order chi connectivity index (χ0) is 16.0. The monoisotopic (exact) mass is 298 g/mol. The van der Waals surface area contributed by atoms with Gasteiger partial charge in [-0.3, -0.25) is 0 Å². The number of nitrogens with one attached hydrogen (secondary N) is 2. The van der Waals surface area contributed by atoms with E-state index in [9.17, 15) is 14.7 Å². The predicted octanol–water partition coefficient (Wildman–Crippen LogP) is 3.20. The van der Waals surface area contributed by atoms with Crippen LogP contribution in [0.25, 0.3) is 0 Å². The molecule has 1 unspecified atom stereocenters. The van der Waals surface area contributed by atoms with Crippen molar-refractivity contribution in [3.8, 4) is 0 Å². The van der Waals surface area contributed by atoms with E-state index in [0.717, 1.165) is 0 Å². The molecule has 5 nitrogen and oxygen atoms in total. The van der Waals surface area contributed by atoms with Gasteiger partial charge >= 0.3 is 12.0 Å². The lowest BCUT2D eigenvalue weighted by molar-refractivity contribution is -0.145. The van der Waals surface area contributed by atoms with Gasteiger partial charge in [0.2, 0.25) is 0 Å². The van der Waals surface area contributed by atoms with Gasteiger partial charge in [0.15, 0.2) is 5.54 Å². The van der Waals surface area contributed by atoms with Crippen LogP contribution in [0.3, 0.4) is 0 Å². The van der Waals surface area contributed by atoms with E-state index < -0.39 is 17.5 Å². The van der Waals surface area contributed by atoms with Gasteiger partial charge in [-0.25, -0.2) is 9.59 Å². The highest BCUT2D eigenvalue weighted by Crippen LogP contribution is 2.25. The molecule has 5 heteroatoms. The summed E-state index contributed by atoms with van der Waals surface area (Å²) in [6.07, 6.45) is 0.231. The Labute approximate surface area is 129 Å². The smallest absolute Gasteiger partial charge is 0.334 e. The average molecular weight is 298 g/mol. The van der Waals surface area contributed by atoms with Crippen LogP contribution in [-0.2, 0) is 10.3 Å². The summed E-state index contributed by atoms with van der Waals surface area (Å²) in [6.45, 7) is 1.73. The molecule has 0 aliphatic rings. The lowest BCUT2D eigenvalue weighted by Gasteiger charge is -2.30. The van der Waals surface area contributed by atoms with E-state index in [1.165, 1.54) is 0 Å². The van der Waals surface area contributed by atoms with Crippen molar-refractivity contribution in [3.63, 3.8) is 0 Å². The molecule has 3 N–H and O–H groups in total. The van der Waals surface area contributed by atoms with Gasteiger partial charge in [0.25, 0.3) is 0 Å². The second-order valence-electron chi connectivity index (χ2n) is 4.88. The molecule has 114 valence electrons. The molecule has 1 atom stereocenters. The molecule has 0 saturated carbocycles. The normalized spacial score (nSPS) is 13.0. The lowest BCUT2D eigenvalue weighted by atomic mass is 9.87. The molecule has 0 aliphatic carbocycles. The molecule has 0 spiro atoms. The van der Waals surface area contributed by atoms with E-state index in [0.29, 0.717) is 11.3 Å². The van der Waals surface area contributed by atoms with Crippen molar-refractivity contribution in [2.24, 2.45) is 0 Å². The summed E-state index contributed by atoms with van der Waals surface area (Å²) in [6, 6.07) is 17.0. The lowest BCUT2D eigenvalue weighted by Crippen LogP contribution is -2.52. The van der Waals surface area contributed by atoms with Gasteiger partial charge in [-0.05, 0) is 24.1 Å². The van der Waals surface area contributed by atoms with Crippen LogP contribution < -0.4 is 10.6 Å². The fraction of sp³-hybridized carbons (Fsp3) is 0.176. The molecule has 2 aromatic carbocycles. The van der Waals surface area contributed by atoms with Gasteiger partial charge in [-0.1, -0.05) is 55.5 Å². The molecule has 2 aromatic rings. The molecule has 0 heterocycles. The molecular weight excluding hydrogens is 280 g/mol. The Morgan fingerprint density at radius 3 is 2.05 bits per heavy atom. The molecule has 2 amide bonds. The van der Waals surface area contributed by atoms with Gasteiger partial charge in [-0.2, -0.15) is 0 Å². The van der Waals surface area contributed by atoms with Gasteiger partial charge in [0.05, 0.1) is 0 Å². The number of amides is 2. The van der Waals surface area contributed by atoms with E-state index in [-0.39, 0.29) is 6.42 Å². The number of carboxylic acids is 1. The molecule has 0 aliphatic heterocycles. The van der Waals surface area contributed by atoms with Crippen LogP contribution >= 0.6 is 0 Å². The first-order chi connectivity index (χ1) is 10.6. The summed E-state index contributed by atoms with van der Waals surface area (Å²) in [4.78, 5) is 24.0. The van der Waals surface area contributed by atoms with Gasteiger partial charge in [0, 0.05) is 5.69 Å². The number of aliphatic carboxylic acids is 1. The van der Waals surface area contributed by atoms with Crippen molar-refractivity contribution < 1.29 is 14.7 Å². The maximum Gasteiger partial charge on any atom is 0.334 e. The van der Waals surface area contributed by atoms with E-state index in [1.807, 2.05) is 6.07 Å². The molecule has 0 fully saturated rings. The highest BCUT2D eigenvalue weighted by atomic mass is 16.4. The standard InChI is InChI=1S/C17H18N2O3/c1-2-17(15(20)21,13-9-5-3-6-10-13)19-16(22)18-14-11-7-4-8-12-14/h3-12H,2H2,1H3,(H,20,21)(H2,18,19,22). The molecule has 0 aromatic heterocycles. The van der Waals surface area contributed by atoms with E-state index in [2.05, 4.69) is 10.6 Å². The highest BCUT2D eigenvalue weighted by Gasteiger charge is 2.40. The number of para-hydroxylation sites is 1. The number of carbonyl (C=O) groups excluding carboxylic acids is 1. The largest absolute Gasteiger partial charge is 0.479 e. The number of benzene rings is 2. The zero-order valence-corrected chi connectivity index (χ0v) is 12.2. The number of carbonyl (C=O) groups is 2. The summed E-state index contributed by atoms with van der Waals surface area (Å²) in [5, 5.41) is 14.9. The molecular formula is C17H18N2O3. The quantitative estimate of drug-likeness (QED) is 0.793. The number of carboxylic acid groups (broad SMARTS) is 1. The Balaban J connectivity index is 2.24. The molecule has 0 saturated heterocycles. The highest BCUT2D eigenvalue weighted by molar-refractivity contribution is 5.94. The van der Waals surface area contributed by atoms with Crippen molar-refractivity contribution in [1.29, 1.82) is 0 Å². The number of hydrogen-bond donors (Lipinski definition) is 3. The van der Waals surface area contributed by atoms with Gasteiger partial charge in [0.1, 0.15) is 0 Å². The Kier molecular flexibility index (Phi) is 4.78. The van der Waals surface area contributed by atoms with Crippen molar-refractivity contribution in [2.45, 2.75) is 18.9 Å². The number of hydrogen-bond acceptors (Lipinski definition) is 2. The third-order valence-electron chi connectivity index (χ3n) is 3.52. The maximum absolute atomic E-state index is 12.2. The minimum atomic E-state index is -1.46. The summed E-state index contributed by atoms with van der Waals surface area (Å²) < 4.78 is 0. The van der Waals surface area contributed by atoms with Crippen LogP contribution in [0.15, 0.2) is 60.7 Å². The first kappa shape index (κ1) is 15.6. The Morgan fingerprint density at radius 1 is 1.00 bits per heavy atom. The average Bonchev–Trinajstić information content (AvgIpc) is 2.54. The predicted molar refractivity (Wildman–Crippen MR) is 84.6 cm³/mol. The van der Waals surface area contributed by atoms with Gasteiger partial charge in [-0.15, -0.1) is 0 Å². The first-order valence-corrected chi connectivity index (χ1v) is 7.01. The van der Waals surface area contributed by atoms with Crippen LogP contribution in [-0.4, -0.2) is 17.1 Å². The second-order valence-corrected chi connectivity index (χ2v) is 4.88. The Bertz CT molecular complexity index is 643. The topological polar surface area (TPSA) is 78.4 Å². The number of rotatable bonds is 5. The first-order valence-electron chi connectivity index (χ1n) is 7.01. The van der Waals surface area contributed by atoms with Crippen molar-refractivity contribution in [2.75, 3.05) is 5.32 Å². The van der Waals surface area contributed by atoms with E-state index in [1.54, 1.807) is 61.5 Å². The Hall–Kier alpha value is -2.82. The van der Waals surface area contributed by atoms with E-state index >= 15 is 0 Å². The third-order valence-corrected chi connectivity index (χ3v) is 3.52. The van der Waals surface area contributed by atoms with Crippen LogP contribution in [0.1, 0.15) is 18.9 Å². The second kappa shape index (κ2) is 6.76. The number of urea groups is 1. The molecule has 22 heavy (non-hydrogen) atoms. The zero-order valence-electron chi connectivity index (χ0n) is 12.2. The SMILES string of the molecule is CCC(NC(=O)Nc1ccccc1)(C(=O)O)c1ccccc1. The van der Waals surface area contributed by atoms with Gasteiger partial charge < -0.3 is 15.7 Å². The molecule has 2 rings (SSSR count). The third kappa shape index (κ3) is 3.25. The minimum Gasteiger partial charge on any atom is -0.479 e. The fourth-order valence-electron chi connectivity index (χ4n) is 2.29. The summed E-state index contributed by atoms with van der Waals surface area (Å²) in [7, 11) is 0. The molecule has 0 bridgehead atoms. The molecule has 0 radical (unpaired) electrons. The fourth-order valence-corrected chi connectivity index (χ4v) is 2.29. The van der Waals surface area contributed by atoms with Crippen molar-refractivity contribution in [3.05, 3.63) is 66.2 Å². The number of anilines is 1. The van der Waals surface area contributed by atoms with Crippen LogP contribution in [0.5, 0.6) is 0 Å². The van der Waals surface area contributed by atoms with Crippen LogP contribution in [0.4, 0.5) is 10.5 Å². The van der Waals surface area contributed by atoms with Crippen molar-refractivity contribution in [1.82, 2.24) is 5.32 Å². The van der Waals surface area contributed by atoms with Crippen LogP contribution in [0.2, 0.25) is 0 Å². The summed E-state index contributed by atoms with van der Waals surface area (Å²) in [5.74, 6) is -1.09. The minimum absolute atomic E-state index is 0.231. The van der Waals surface area contributed by atoms with Crippen molar-refractivity contribution >= 4 is 17.7 Å². The maximum atomic E-state index is 12.2.